The van der Waals surface area contributed by atoms with Gasteiger partial charge >= 0.3 is 29.3 Å². The van der Waals surface area contributed by atoms with Gasteiger partial charge in [-0.1, -0.05) is 54.6 Å². The summed E-state index contributed by atoms with van der Waals surface area (Å²) < 4.78 is 17.1. The van der Waals surface area contributed by atoms with Gasteiger partial charge in [0.1, 0.15) is 0 Å². The first-order chi connectivity index (χ1) is 19.8. The monoisotopic (exact) mass is 559 g/mol. The van der Waals surface area contributed by atoms with E-state index in [1.807, 2.05) is 0 Å². The van der Waals surface area contributed by atoms with E-state index in [4.69, 9.17) is 12.3 Å². The van der Waals surface area contributed by atoms with Gasteiger partial charge < -0.3 is 12.3 Å². The molecular formula is C34H19O3Si3. The standard InChI is InChI=1S/C34H19O3Si3/c1-2-5-21-11-26-16-29-17-31-24(14-28(29)15-25(26)10-20(21)4-1)9-8-23-13-27-12-22-6-3-7-34(40-36-38-35-39-37-40)33(22)19-30(27)18-32(23)31/h1-19H. The molecule has 0 bridgehead atoms. The molecule has 3 nitrogen and oxygen atoms in total. The Balaban J connectivity index is 1.28. The third-order valence-electron chi connectivity index (χ3n) is 8.14. The van der Waals surface area contributed by atoms with Crippen LogP contribution in [-0.2, 0) is 12.3 Å². The van der Waals surface area contributed by atoms with Crippen LogP contribution in [0.3, 0.4) is 0 Å². The fraction of sp³-hybridized carbons (Fsp3) is 0. The minimum atomic E-state index is -1.55. The zero-order valence-corrected chi connectivity index (χ0v) is 24.2. The van der Waals surface area contributed by atoms with E-state index in [1.165, 1.54) is 75.4 Å². The van der Waals surface area contributed by atoms with Gasteiger partial charge in [-0.2, -0.15) is 0 Å². The topological polar surface area (TPSA) is 27.7 Å². The summed E-state index contributed by atoms with van der Waals surface area (Å²) in [4.78, 5) is 0. The predicted molar refractivity (Wildman–Crippen MR) is 169 cm³/mol. The second-order valence-corrected chi connectivity index (χ2v) is 14.3. The Morgan fingerprint density at radius 1 is 0.375 bits per heavy atom. The van der Waals surface area contributed by atoms with E-state index in [-0.39, 0.29) is 20.0 Å². The lowest BCUT2D eigenvalue weighted by Crippen LogP contribution is -2.44. The highest BCUT2D eigenvalue weighted by atomic mass is 28.4. The molecule has 1 fully saturated rings. The van der Waals surface area contributed by atoms with Crippen molar-refractivity contribution in [1.29, 1.82) is 0 Å². The van der Waals surface area contributed by atoms with E-state index in [1.54, 1.807) is 0 Å². The molecule has 1 heterocycles. The average Bonchev–Trinajstić information content (AvgIpc) is 3.00. The quantitative estimate of drug-likeness (QED) is 0.118. The molecule has 0 amide bonds. The van der Waals surface area contributed by atoms with Gasteiger partial charge in [-0.25, -0.2) is 0 Å². The Hall–Kier alpha value is -3.89. The first-order valence-corrected chi connectivity index (χ1v) is 16.2. The summed E-state index contributed by atoms with van der Waals surface area (Å²) in [5.74, 6) is 0. The summed E-state index contributed by atoms with van der Waals surface area (Å²) in [6, 6.07) is 42.8. The van der Waals surface area contributed by atoms with Crippen LogP contribution < -0.4 is 5.19 Å². The molecule has 0 aromatic heterocycles. The normalized spacial score (nSPS) is 14.9. The molecule has 0 unspecified atom stereocenters. The van der Waals surface area contributed by atoms with Crippen molar-refractivity contribution in [3.63, 3.8) is 0 Å². The van der Waals surface area contributed by atoms with Gasteiger partial charge in [0.15, 0.2) is 0 Å². The van der Waals surface area contributed by atoms with Gasteiger partial charge in [-0.05, 0) is 136 Å². The first-order valence-electron chi connectivity index (χ1n) is 13.2. The lowest BCUT2D eigenvalue weighted by atomic mass is 9.93. The van der Waals surface area contributed by atoms with Crippen molar-refractivity contribution in [2.45, 2.75) is 0 Å². The van der Waals surface area contributed by atoms with Gasteiger partial charge in [0.2, 0.25) is 0 Å². The van der Waals surface area contributed by atoms with Crippen molar-refractivity contribution in [2.75, 3.05) is 0 Å². The first kappa shape index (κ1) is 22.9. The van der Waals surface area contributed by atoms with Crippen molar-refractivity contribution in [1.82, 2.24) is 0 Å². The summed E-state index contributed by atoms with van der Waals surface area (Å²) in [5.41, 5.74) is 0. The number of hydrogen-bond donors (Lipinski definition) is 0. The van der Waals surface area contributed by atoms with E-state index in [9.17, 15) is 0 Å². The fourth-order valence-electron chi connectivity index (χ4n) is 6.22. The van der Waals surface area contributed by atoms with Gasteiger partial charge in [0.05, 0.1) is 0 Å². The van der Waals surface area contributed by atoms with Crippen molar-refractivity contribution in [2.24, 2.45) is 0 Å². The summed E-state index contributed by atoms with van der Waals surface area (Å²) in [5, 5.41) is 18.7. The minimum absolute atomic E-state index is 0.0486. The lowest BCUT2D eigenvalue weighted by molar-refractivity contribution is 0.334. The molecule has 40 heavy (non-hydrogen) atoms. The predicted octanol–water partition coefficient (Wildman–Crippen LogP) is 7.59. The lowest BCUT2D eigenvalue weighted by Gasteiger charge is -2.20. The third-order valence-corrected chi connectivity index (χ3v) is 11.8. The van der Waals surface area contributed by atoms with Gasteiger partial charge in [-0.3, -0.25) is 0 Å². The molecule has 0 N–H and O–H groups in total. The highest BCUT2D eigenvalue weighted by molar-refractivity contribution is 6.73. The Morgan fingerprint density at radius 3 is 1.40 bits per heavy atom. The van der Waals surface area contributed by atoms with E-state index in [0.717, 1.165) is 5.19 Å². The molecule has 8 aromatic carbocycles. The number of hydrogen-bond acceptors (Lipinski definition) is 3. The summed E-state index contributed by atoms with van der Waals surface area (Å²) >= 11 is 0. The molecule has 6 heteroatoms. The van der Waals surface area contributed by atoms with Crippen LogP contribution in [0.1, 0.15) is 0 Å². The molecule has 5 radical (unpaired) electrons. The molecule has 0 aliphatic carbocycles. The summed E-state index contributed by atoms with van der Waals surface area (Å²) in [6.45, 7) is 0. The highest BCUT2D eigenvalue weighted by Gasteiger charge is 2.26. The largest absolute Gasteiger partial charge is 0.413 e. The Bertz CT molecular complexity index is 2330. The summed E-state index contributed by atoms with van der Waals surface area (Å²) in [7, 11) is -1.45. The Morgan fingerprint density at radius 2 is 0.800 bits per heavy atom. The molecule has 8 aromatic rings. The average molecular weight is 560 g/mol. The van der Waals surface area contributed by atoms with Crippen LogP contribution in [0, 0.1) is 0 Å². The molecule has 1 aliphatic heterocycles. The van der Waals surface area contributed by atoms with Crippen molar-refractivity contribution >= 4 is 110 Å². The van der Waals surface area contributed by atoms with Crippen LogP contribution in [0.5, 0.6) is 0 Å². The highest BCUT2D eigenvalue weighted by Crippen LogP contribution is 2.35. The van der Waals surface area contributed by atoms with E-state index < -0.39 is 9.28 Å². The maximum absolute atomic E-state index is 5.90. The molecule has 9 rings (SSSR count). The number of benzene rings is 8. The fourth-order valence-corrected chi connectivity index (χ4v) is 10.1. The molecule has 1 saturated heterocycles. The smallest absolute Gasteiger partial charge is 0.412 e. The second-order valence-electron chi connectivity index (χ2n) is 10.4. The maximum Gasteiger partial charge on any atom is 0.413 e. The third kappa shape index (κ3) is 3.59. The van der Waals surface area contributed by atoms with Crippen LogP contribution in [0.4, 0.5) is 0 Å². The van der Waals surface area contributed by atoms with Gasteiger partial charge in [0, 0.05) is 5.19 Å². The van der Waals surface area contributed by atoms with Crippen molar-refractivity contribution in [3.8, 4) is 0 Å². The van der Waals surface area contributed by atoms with Crippen LogP contribution in [0.15, 0.2) is 115 Å². The van der Waals surface area contributed by atoms with E-state index >= 15 is 0 Å². The molecule has 185 valence electrons. The van der Waals surface area contributed by atoms with Crippen molar-refractivity contribution < 1.29 is 12.3 Å². The zero-order valence-electron chi connectivity index (χ0n) is 21.2. The SMILES string of the molecule is c1ccc2cc3cc4cc5c(ccc6cc7cc8cccc([Si]9O[Si]O[Si]O9)c8cc7cc65)cc4cc3cc2c1. The number of rotatable bonds is 1. The van der Waals surface area contributed by atoms with E-state index in [2.05, 4.69) is 115 Å². The minimum Gasteiger partial charge on any atom is -0.412 e. The van der Waals surface area contributed by atoms with Gasteiger partial charge in [0.25, 0.3) is 0 Å². The molecule has 1 aliphatic rings. The van der Waals surface area contributed by atoms with Crippen molar-refractivity contribution in [3.05, 3.63) is 115 Å². The van der Waals surface area contributed by atoms with Crippen LogP contribution >= 0.6 is 0 Å². The van der Waals surface area contributed by atoms with E-state index in [0.29, 0.717) is 0 Å². The molecule has 0 atom stereocenters. The Kier molecular flexibility index (Phi) is 5.04. The second kappa shape index (κ2) is 8.81. The summed E-state index contributed by atoms with van der Waals surface area (Å²) in [6.07, 6.45) is 0. The van der Waals surface area contributed by atoms with Gasteiger partial charge in [-0.15, -0.1) is 0 Å². The van der Waals surface area contributed by atoms with Crippen LogP contribution in [0.25, 0.3) is 75.4 Å². The molecule has 0 spiro atoms. The van der Waals surface area contributed by atoms with Crippen LogP contribution in [-0.4, -0.2) is 29.3 Å². The zero-order chi connectivity index (χ0) is 26.2. The molecular weight excluding hydrogens is 541 g/mol. The molecule has 0 saturated carbocycles. The Labute approximate surface area is 236 Å². The van der Waals surface area contributed by atoms with Crippen LogP contribution in [0.2, 0.25) is 0 Å². The maximum atomic E-state index is 5.90. The number of fused-ring (bicyclic) bond motifs is 8.